The van der Waals surface area contributed by atoms with Gasteiger partial charge in [-0.05, 0) is 74.8 Å². The van der Waals surface area contributed by atoms with Crippen LogP contribution in [-0.4, -0.2) is 184 Å². The van der Waals surface area contributed by atoms with Crippen molar-refractivity contribution in [1.29, 1.82) is 0 Å². The fourth-order valence-electron chi connectivity index (χ4n) is 10.1. The van der Waals surface area contributed by atoms with Crippen LogP contribution < -0.4 is 41.1 Å². The number of nitrogens with zero attached hydrogens (tertiary/aromatic N) is 8. The molecule has 2 aromatic heterocycles. The highest BCUT2D eigenvalue weighted by Gasteiger charge is 2.26. The quantitative estimate of drug-likeness (QED) is 0.107. The molecule has 4 saturated heterocycles. The van der Waals surface area contributed by atoms with Crippen LogP contribution in [0.4, 0.5) is 42.9 Å². The number of hydrogen-bond acceptors (Lipinski definition) is 16. The number of anilines is 6. The molecule has 84 heavy (non-hydrogen) atoms. The molecule has 0 atom stereocenters. The number of nitrogens with one attached hydrogen (secondary N) is 2. The monoisotopic (exact) mass is 1160 g/mol. The van der Waals surface area contributed by atoms with E-state index < -0.39 is 46.2 Å². The molecule has 0 saturated carbocycles. The summed E-state index contributed by atoms with van der Waals surface area (Å²) < 4.78 is 40.6. The second-order valence-corrected chi connectivity index (χ2v) is 20.6. The average molecular weight is 1160 g/mol. The van der Waals surface area contributed by atoms with Crippen LogP contribution in [0, 0.1) is 11.6 Å². The Morgan fingerprint density at radius 2 is 0.798 bits per heavy atom. The molecular weight excluding hydrogens is 1090 g/mol. The van der Waals surface area contributed by atoms with Crippen molar-refractivity contribution in [2.24, 2.45) is 0 Å². The third kappa shape index (κ3) is 15.5. The van der Waals surface area contributed by atoms with Gasteiger partial charge in [-0.25, -0.2) is 18.4 Å². The number of likely N-dealkylation sites (N-methyl/N-ethyl adjacent to an activating group) is 2. The van der Waals surface area contributed by atoms with E-state index in [1.54, 1.807) is 24.3 Å². The first kappa shape index (κ1) is 60.9. The lowest BCUT2D eigenvalue weighted by Gasteiger charge is -2.36. The van der Waals surface area contributed by atoms with Gasteiger partial charge in [-0.15, -0.1) is 0 Å². The predicted molar refractivity (Wildman–Crippen MR) is 316 cm³/mol. The van der Waals surface area contributed by atoms with Crippen molar-refractivity contribution in [2.45, 2.75) is 26.7 Å². The number of hydrogen-bond donors (Lipinski definition) is 4. The Hall–Kier alpha value is -9.16. The topological polar surface area (TPSA) is 253 Å². The van der Waals surface area contributed by atoms with Gasteiger partial charge in [-0.1, -0.05) is 13.8 Å². The molecule has 24 heteroatoms. The number of carboxylic acid groups (broad SMARTS) is 2. The van der Waals surface area contributed by atoms with Crippen molar-refractivity contribution in [3.8, 4) is 0 Å². The summed E-state index contributed by atoms with van der Waals surface area (Å²) in [6.07, 6.45) is 2.14. The van der Waals surface area contributed by atoms with E-state index in [0.717, 1.165) is 88.0 Å². The van der Waals surface area contributed by atoms with E-state index in [0.29, 0.717) is 100 Å². The first-order chi connectivity index (χ1) is 40.3. The normalized spacial score (nSPS) is 16.0. The lowest BCUT2D eigenvalue weighted by Crippen LogP contribution is -2.48. The van der Waals surface area contributed by atoms with E-state index in [2.05, 4.69) is 30.2 Å². The molecule has 0 bridgehead atoms. The number of rotatable bonds is 12. The summed E-state index contributed by atoms with van der Waals surface area (Å²) in [5.41, 5.74) is 3.55. The minimum absolute atomic E-state index is 0.112. The fourth-order valence-corrected chi connectivity index (χ4v) is 10.1. The number of halogens is 2. The second-order valence-electron chi connectivity index (χ2n) is 20.6. The molecule has 4 aromatic carbocycles. The molecule has 6 heterocycles. The zero-order valence-corrected chi connectivity index (χ0v) is 47.3. The van der Waals surface area contributed by atoms with Crippen LogP contribution in [0.15, 0.2) is 116 Å². The molecule has 0 aliphatic carbocycles. The van der Waals surface area contributed by atoms with Gasteiger partial charge in [-0.3, -0.25) is 28.8 Å². The molecule has 22 nitrogen and oxygen atoms in total. The Labute approximate surface area is 482 Å². The van der Waals surface area contributed by atoms with Crippen LogP contribution in [0.25, 0.3) is 21.9 Å². The number of fused-ring (bicyclic) bond motifs is 2. The lowest BCUT2D eigenvalue weighted by atomic mass is 10.1. The minimum atomic E-state index is -1.26. The van der Waals surface area contributed by atoms with Gasteiger partial charge in [-0.2, -0.15) is 0 Å². The van der Waals surface area contributed by atoms with E-state index in [-0.39, 0.29) is 45.3 Å². The number of amides is 4. The first-order valence-electron chi connectivity index (χ1n) is 27.7. The molecule has 6 aromatic rings. The van der Waals surface area contributed by atoms with Crippen LogP contribution in [0.1, 0.15) is 47.8 Å². The highest BCUT2D eigenvalue weighted by Crippen LogP contribution is 2.31. The Bertz CT molecular complexity index is 3300. The third-order valence-corrected chi connectivity index (χ3v) is 14.9. The fraction of sp³-hybridized carbons (Fsp3) is 0.367. The number of piperazine rings is 4. The summed E-state index contributed by atoms with van der Waals surface area (Å²) in [5, 5.41) is 21.4. The van der Waals surface area contributed by atoms with Gasteiger partial charge >= 0.3 is 11.9 Å². The van der Waals surface area contributed by atoms with E-state index in [1.165, 1.54) is 12.1 Å². The van der Waals surface area contributed by atoms with E-state index in [9.17, 15) is 47.1 Å². The van der Waals surface area contributed by atoms with Gasteiger partial charge < -0.3 is 68.9 Å². The van der Waals surface area contributed by atoms with Gasteiger partial charge in [0.05, 0.1) is 22.1 Å². The largest absolute Gasteiger partial charge is 0.478 e. The summed E-state index contributed by atoms with van der Waals surface area (Å²) in [4.78, 5) is 111. The first-order valence-corrected chi connectivity index (χ1v) is 27.7. The summed E-state index contributed by atoms with van der Waals surface area (Å²) in [6.45, 7) is 15.3. The van der Waals surface area contributed by atoms with Crippen molar-refractivity contribution in [1.82, 2.24) is 19.6 Å². The molecule has 4 N–H and O–H groups in total. The lowest BCUT2D eigenvalue weighted by molar-refractivity contribution is -0.134. The molecule has 0 radical (unpaired) electrons. The van der Waals surface area contributed by atoms with Crippen molar-refractivity contribution >= 4 is 91.6 Å². The van der Waals surface area contributed by atoms with Crippen LogP contribution in [0.3, 0.4) is 0 Å². The number of carbonyl (C=O) groups excluding carboxylic acids is 4. The summed E-state index contributed by atoms with van der Waals surface area (Å²) in [5.74, 6) is -4.60. The minimum Gasteiger partial charge on any atom is -0.478 e. The molecule has 0 unspecified atom stereocenters. The molecule has 0 spiro atoms. The van der Waals surface area contributed by atoms with Gasteiger partial charge in [0.1, 0.15) is 11.6 Å². The van der Waals surface area contributed by atoms with Crippen molar-refractivity contribution in [3.05, 3.63) is 141 Å². The predicted octanol–water partition coefficient (Wildman–Crippen LogP) is 5.70. The SMILES string of the molecule is CCC(=O)N1CCN(c2ccc(NC(=O)c3cc(=O)c4cc(F)cc(N5CCN(C)CC5)c4o3)cc2)CC1.CCC(=O)N1CCN(c2ccc(NC(=O)c3cc(=O)c4cc(F)cc(N5CCN(C)CC5)c4o3)cc2)CC1.O=C(O)/C=C/C(=O)O. The maximum Gasteiger partial charge on any atom is 0.328 e. The molecule has 4 aliphatic heterocycles. The molecule has 444 valence electrons. The zero-order valence-electron chi connectivity index (χ0n) is 47.3. The Morgan fingerprint density at radius 1 is 0.476 bits per heavy atom. The highest BCUT2D eigenvalue weighted by molar-refractivity contribution is 6.05. The Kier molecular flexibility index (Phi) is 20.1. The molecule has 4 fully saturated rings. The Morgan fingerprint density at radius 3 is 1.11 bits per heavy atom. The molecular formula is C60H68F2N10O12. The Balaban J connectivity index is 0.000000194. The van der Waals surface area contributed by atoms with Crippen molar-refractivity contribution in [2.75, 3.05) is 149 Å². The summed E-state index contributed by atoms with van der Waals surface area (Å²) >= 11 is 0. The van der Waals surface area contributed by atoms with Crippen molar-refractivity contribution in [3.63, 3.8) is 0 Å². The van der Waals surface area contributed by atoms with Gasteiger partial charge in [0.15, 0.2) is 33.5 Å². The van der Waals surface area contributed by atoms with E-state index >= 15 is 0 Å². The molecule has 4 amide bonds. The number of benzene rings is 4. The summed E-state index contributed by atoms with van der Waals surface area (Å²) in [7, 11) is 4.04. The second kappa shape index (κ2) is 27.7. The van der Waals surface area contributed by atoms with Crippen LogP contribution in [0.2, 0.25) is 0 Å². The highest BCUT2D eigenvalue weighted by atomic mass is 19.1. The standard InChI is InChI=1S/2C28H32FN5O4.C4H4O4/c2*1-3-26(36)34-14-12-32(13-15-34)21-6-4-20(5-7-21)30-28(37)25-18-24(35)22-16-19(29)17-23(27(22)38-25)33-10-8-31(2)9-11-33;5-3(6)1-2-4(7)8/h2*4-7,16-18H,3,8-15H2,1-2H3,(H,30,37);1-2H,(H,5,6)(H,7,8)/b;;2-1+. The third-order valence-electron chi connectivity index (χ3n) is 14.9. The summed E-state index contributed by atoms with van der Waals surface area (Å²) in [6, 6.07) is 22.1. The van der Waals surface area contributed by atoms with Gasteiger partial charge in [0.25, 0.3) is 11.8 Å². The average Bonchev–Trinajstić information content (AvgIpc) is 2.45. The van der Waals surface area contributed by atoms with Crippen LogP contribution in [-0.2, 0) is 19.2 Å². The van der Waals surface area contributed by atoms with Crippen LogP contribution >= 0.6 is 0 Å². The number of aliphatic carboxylic acids is 2. The molecule has 4 aliphatic rings. The zero-order chi connectivity index (χ0) is 60.2. The maximum atomic E-state index is 14.4. The number of carbonyl (C=O) groups is 6. The smallest absolute Gasteiger partial charge is 0.328 e. The van der Waals surface area contributed by atoms with Gasteiger partial charge in [0.2, 0.25) is 11.8 Å². The maximum absolute atomic E-state index is 14.4. The number of carboxylic acids is 2. The van der Waals surface area contributed by atoms with Crippen molar-refractivity contribution < 1.29 is 56.6 Å². The molecule has 10 rings (SSSR count). The van der Waals surface area contributed by atoms with Crippen LogP contribution in [0.5, 0.6) is 0 Å². The van der Waals surface area contributed by atoms with E-state index in [4.69, 9.17) is 19.0 Å². The van der Waals surface area contributed by atoms with Gasteiger partial charge in [0, 0.05) is 177 Å². The van der Waals surface area contributed by atoms with E-state index in [1.807, 2.05) is 71.8 Å².